The molecule has 0 aliphatic heterocycles. The van der Waals surface area contributed by atoms with E-state index in [2.05, 4.69) is 5.32 Å². The van der Waals surface area contributed by atoms with Gasteiger partial charge in [-0.1, -0.05) is 0 Å². The fraction of sp³-hybridized carbons (Fsp3) is 0.533. The van der Waals surface area contributed by atoms with Crippen LogP contribution in [0.25, 0.3) is 0 Å². The molecule has 4 N–H and O–H groups in total. The maximum absolute atomic E-state index is 12.4. The topological polar surface area (TPSA) is 84.6 Å². The quantitative estimate of drug-likeness (QED) is 0.654. The Bertz CT molecular complexity index is 496. The SMILES string of the molecule is CC(N)CCC(=O)NCC(O)COc1ccc(C(F)(F)F)cc1.Cl. The highest BCUT2D eigenvalue weighted by molar-refractivity contribution is 5.85. The molecule has 1 amide bonds. The lowest BCUT2D eigenvalue weighted by atomic mass is 10.2. The highest BCUT2D eigenvalue weighted by Gasteiger charge is 2.30. The van der Waals surface area contributed by atoms with Gasteiger partial charge in [0.05, 0.1) is 5.56 Å². The third-order valence-electron chi connectivity index (χ3n) is 2.99. The zero-order valence-electron chi connectivity index (χ0n) is 13.2. The van der Waals surface area contributed by atoms with Crippen molar-refractivity contribution in [3.05, 3.63) is 29.8 Å². The molecule has 0 fully saturated rings. The summed E-state index contributed by atoms with van der Waals surface area (Å²) < 4.78 is 42.4. The molecule has 0 bridgehead atoms. The van der Waals surface area contributed by atoms with E-state index in [0.717, 1.165) is 12.1 Å². The second kappa shape index (κ2) is 10.4. The van der Waals surface area contributed by atoms with Crippen LogP contribution in [0.4, 0.5) is 13.2 Å². The number of hydrogen-bond donors (Lipinski definition) is 3. The van der Waals surface area contributed by atoms with E-state index in [0.29, 0.717) is 6.42 Å². The number of alkyl halides is 3. The first-order valence-corrected chi connectivity index (χ1v) is 7.19. The number of carbonyl (C=O) groups is 1. The number of carbonyl (C=O) groups excluding carboxylic acids is 1. The van der Waals surface area contributed by atoms with Crippen molar-refractivity contribution < 1.29 is 27.8 Å². The fourth-order valence-corrected chi connectivity index (χ4v) is 1.67. The standard InChI is InChI=1S/C15H21F3N2O3.ClH/c1-10(19)2-7-14(22)20-8-12(21)9-23-13-5-3-11(4-6-13)15(16,17)18;/h3-6,10,12,21H,2,7-9,19H2,1H3,(H,20,22);1H. The van der Waals surface area contributed by atoms with E-state index in [1.54, 1.807) is 6.92 Å². The number of halogens is 4. The Morgan fingerprint density at radius 1 is 1.33 bits per heavy atom. The number of nitrogens with two attached hydrogens (primary N) is 1. The van der Waals surface area contributed by atoms with Gasteiger partial charge in [-0.05, 0) is 37.6 Å². The third-order valence-corrected chi connectivity index (χ3v) is 2.99. The number of amides is 1. The second-order valence-electron chi connectivity index (χ2n) is 5.31. The van der Waals surface area contributed by atoms with E-state index in [1.165, 1.54) is 12.1 Å². The van der Waals surface area contributed by atoms with Gasteiger partial charge in [0.25, 0.3) is 0 Å². The van der Waals surface area contributed by atoms with Gasteiger partial charge in [-0.25, -0.2) is 0 Å². The van der Waals surface area contributed by atoms with E-state index >= 15 is 0 Å². The van der Waals surface area contributed by atoms with Crippen LogP contribution in [0.3, 0.4) is 0 Å². The smallest absolute Gasteiger partial charge is 0.416 e. The minimum atomic E-state index is -4.40. The second-order valence-corrected chi connectivity index (χ2v) is 5.31. The van der Waals surface area contributed by atoms with Crippen LogP contribution in [0.15, 0.2) is 24.3 Å². The predicted molar refractivity (Wildman–Crippen MR) is 86.1 cm³/mol. The van der Waals surface area contributed by atoms with Gasteiger partial charge >= 0.3 is 6.18 Å². The monoisotopic (exact) mass is 370 g/mol. The molecule has 2 unspecified atom stereocenters. The summed E-state index contributed by atoms with van der Waals surface area (Å²) in [6.07, 6.45) is -4.55. The van der Waals surface area contributed by atoms with E-state index in [9.17, 15) is 23.1 Å². The van der Waals surface area contributed by atoms with E-state index < -0.39 is 17.8 Å². The van der Waals surface area contributed by atoms with Crippen molar-refractivity contribution in [2.75, 3.05) is 13.2 Å². The van der Waals surface area contributed by atoms with Crippen molar-refractivity contribution >= 4 is 18.3 Å². The van der Waals surface area contributed by atoms with Gasteiger partial charge in [0.15, 0.2) is 0 Å². The minimum absolute atomic E-state index is 0. The summed E-state index contributed by atoms with van der Waals surface area (Å²) in [5.74, 6) is -0.0174. The number of benzene rings is 1. The molecule has 0 aromatic heterocycles. The van der Waals surface area contributed by atoms with Gasteiger partial charge in [-0.15, -0.1) is 12.4 Å². The summed E-state index contributed by atoms with van der Waals surface area (Å²) in [5.41, 5.74) is 4.75. The molecule has 0 saturated carbocycles. The molecule has 0 saturated heterocycles. The Kier molecular flexibility index (Phi) is 9.72. The molecule has 2 atom stereocenters. The highest BCUT2D eigenvalue weighted by Crippen LogP contribution is 2.30. The van der Waals surface area contributed by atoms with Crippen LogP contribution in [0.5, 0.6) is 5.75 Å². The van der Waals surface area contributed by atoms with Crippen LogP contribution in [-0.2, 0) is 11.0 Å². The van der Waals surface area contributed by atoms with Crippen LogP contribution in [-0.4, -0.2) is 36.3 Å². The molecule has 0 heterocycles. The number of ether oxygens (including phenoxy) is 1. The molecule has 1 aromatic rings. The molecule has 5 nitrogen and oxygen atoms in total. The average molecular weight is 371 g/mol. The van der Waals surface area contributed by atoms with Crippen molar-refractivity contribution in [2.45, 2.75) is 38.1 Å². The largest absolute Gasteiger partial charge is 0.491 e. The molecule has 0 aliphatic rings. The van der Waals surface area contributed by atoms with Crippen LogP contribution in [0, 0.1) is 0 Å². The molecule has 9 heteroatoms. The minimum Gasteiger partial charge on any atom is -0.491 e. The van der Waals surface area contributed by atoms with Crippen molar-refractivity contribution in [2.24, 2.45) is 5.73 Å². The Hall–Kier alpha value is -1.51. The summed E-state index contributed by atoms with van der Waals surface area (Å²) in [6, 6.07) is 4.08. The van der Waals surface area contributed by atoms with Crippen molar-refractivity contribution in [1.29, 1.82) is 0 Å². The molecule has 0 aliphatic carbocycles. The predicted octanol–water partition coefficient (Wildman–Crippen LogP) is 2.11. The lowest BCUT2D eigenvalue weighted by molar-refractivity contribution is -0.137. The Balaban J connectivity index is 0.00000529. The number of nitrogens with one attached hydrogen (secondary N) is 1. The summed E-state index contributed by atoms with van der Waals surface area (Å²) in [6.45, 7) is 1.65. The zero-order valence-corrected chi connectivity index (χ0v) is 14.0. The average Bonchev–Trinajstić information content (AvgIpc) is 2.48. The van der Waals surface area contributed by atoms with Crippen molar-refractivity contribution in [3.8, 4) is 5.75 Å². The summed E-state index contributed by atoms with van der Waals surface area (Å²) in [5, 5.41) is 12.2. The van der Waals surface area contributed by atoms with E-state index in [4.69, 9.17) is 10.5 Å². The van der Waals surface area contributed by atoms with Gasteiger partial charge in [0.2, 0.25) is 5.91 Å². The normalized spacial score (nSPS) is 13.6. The highest BCUT2D eigenvalue weighted by atomic mass is 35.5. The van der Waals surface area contributed by atoms with Crippen LogP contribution >= 0.6 is 12.4 Å². The summed E-state index contributed by atoms with van der Waals surface area (Å²) in [7, 11) is 0. The van der Waals surface area contributed by atoms with Gasteiger partial charge < -0.3 is 20.9 Å². The number of aliphatic hydroxyl groups is 1. The first kappa shape index (κ1) is 22.5. The van der Waals surface area contributed by atoms with Gasteiger partial charge in [-0.2, -0.15) is 13.2 Å². The van der Waals surface area contributed by atoms with Gasteiger partial charge in [-0.3, -0.25) is 4.79 Å². The van der Waals surface area contributed by atoms with Crippen molar-refractivity contribution in [1.82, 2.24) is 5.32 Å². The van der Waals surface area contributed by atoms with Gasteiger partial charge in [0, 0.05) is 19.0 Å². The molecular weight excluding hydrogens is 349 g/mol. The number of rotatable bonds is 8. The van der Waals surface area contributed by atoms with E-state index in [-0.39, 0.29) is 49.7 Å². The zero-order chi connectivity index (χ0) is 17.5. The molecule has 1 aromatic carbocycles. The Morgan fingerprint density at radius 2 is 1.92 bits per heavy atom. The van der Waals surface area contributed by atoms with Crippen LogP contribution < -0.4 is 15.8 Å². The summed E-state index contributed by atoms with van der Waals surface area (Å²) in [4.78, 5) is 11.4. The lowest BCUT2D eigenvalue weighted by Gasteiger charge is -2.14. The Labute approximate surface area is 144 Å². The Morgan fingerprint density at radius 3 is 2.42 bits per heavy atom. The lowest BCUT2D eigenvalue weighted by Crippen LogP contribution is -2.35. The first-order chi connectivity index (χ1) is 10.7. The third kappa shape index (κ3) is 8.95. The first-order valence-electron chi connectivity index (χ1n) is 7.19. The number of hydrogen-bond acceptors (Lipinski definition) is 4. The molecule has 24 heavy (non-hydrogen) atoms. The number of aliphatic hydroxyl groups excluding tert-OH is 1. The molecule has 1 rings (SSSR count). The maximum atomic E-state index is 12.4. The van der Waals surface area contributed by atoms with Crippen molar-refractivity contribution in [3.63, 3.8) is 0 Å². The van der Waals surface area contributed by atoms with Gasteiger partial charge in [0.1, 0.15) is 18.5 Å². The maximum Gasteiger partial charge on any atom is 0.416 e. The molecule has 138 valence electrons. The van der Waals surface area contributed by atoms with Crippen LogP contribution in [0.1, 0.15) is 25.3 Å². The van der Waals surface area contributed by atoms with Crippen LogP contribution in [0.2, 0.25) is 0 Å². The fourth-order valence-electron chi connectivity index (χ4n) is 1.67. The molecular formula is C15H22ClF3N2O3. The summed E-state index contributed by atoms with van der Waals surface area (Å²) >= 11 is 0. The molecule has 0 spiro atoms. The van der Waals surface area contributed by atoms with E-state index in [1.807, 2.05) is 0 Å². The molecule has 0 radical (unpaired) electrons.